The molecular weight excluding hydrogens is 572 g/mol. The summed E-state index contributed by atoms with van der Waals surface area (Å²) < 4.78 is 0. The van der Waals surface area contributed by atoms with Crippen LogP contribution in [-0.2, 0) is 5.41 Å². The summed E-state index contributed by atoms with van der Waals surface area (Å²) in [5.74, 6) is 0.476. The van der Waals surface area contributed by atoms with Crippen LogP contribution in [0.25, 0.3) is 54.9 Å². The fourth-order valence-corrected chi connectivity index (χ4v) is 7.91. The van der Waals surface area contributed by atoms with Crippen molar-refractivity contribution in [3.63, 3.8) is 0 Å². The molecule has 0 radical (unpaired) electrons. The van der Waals surface area contributed by atoms with Crippen LogP contribution in [0.3, 0.4) is 0 Å². The molecule has 222 valence electrons. The molecule has 0 spiro atoms. The first-order chi connectivity index (χ1) is 23.1. The van der Waals surface area contributed by atoms with Gasteiger partial charge in [0.15, 0.2) is 0 Å². The summed E-state index contributed by atoms with van der Waals surface area (Å²) in [5, 5.41) is 27.3. The lowest BCUT2D eigenvalue weighted by molar-refractivity contribution is 0.477. The summed E-state index contributed by atoms with van der Waals surface area (Å²) in [7, 11) is 0. The Labute approximate surface area is 273 Å². The zero-order valence-electron chi connectivity index (χ0n) is 25.6. The third kappa shape index (κ3) is 3.98. The van der Waals surface area contributed by atoms with E-state index in [9.17, 15) is 10.2 Å². The summed E-state index contributed by atoms with van der Waals surface area (Å²) in [5.41, 5.74) is 9.63. The van der Waals surface area contributed by atoms with E-state index in [0.717, 1.165) is 54.9 Å². The third-order valence-electron chi connectivity index (χ3n) is 9.97. The molecule has 0 aromatic heterocycles. The quantitative estimate of drug-likeness (QED) is 0.210. The van der Waals surface area contributed by atoms with Crippen molar-refractivity contribution in [3.05, 3.63) is 192 Å². The van der Waals surface area contributed by atoms with Gasteiger partial charge in [-0.3, -0.25) is 0 Å². The average molecular weight is 603 g/mol. The Kier molecular flexibility index (Phi) is 6.06. The zero-order chi connectivity index (χ0) is 31.5. The van der Waals surface area contributed by atoms with Crippen molar-refractivity contribution in [2.45, 2.75) is 5.41 Å². The molecule has 0 unspecified atom stereocenters. The van der Waals surface area contributed by atoms with E-state index in [1.54, 1.807) is 0 Å². The van der Waals surface area contributed by atoms with Crippen LogP contribution in [0.15, 0.2) is 170 Å². The van der Waals surface area contributed by atoms with Gasteiger partial charge in [0.25, 0.3) is 0 Å². The minimum atomic E-state index is -0.715. The van der Waals surface area contributed by atoms with Gasteiger partial charge < -0.3 is 10.2 Å². The van der Waals surface area contributed by atoms with Gasteiger partial charge in [-0.05, 0) is 90.3 Å². The van der Waals surface area contributed by atoms with E-state index in [2.05, 4.69) is 133 Å². The van der Waals surface area contributed by atoms with E-state index in [0.29, 0.717) is 0 Å². The van der Waals surface area contributed by atoms with Crippen molar-refractivity contribution >= 4 is 21.5 Å². The number of phenols is 2. The third-order valence-corrected chi connectivity index (χ3v) is 9.97. The molecule has 8 aromatic rings. The second-order valence-electron chi connectivity index (χ2n) is 12.4. The van der Waals surface area contributed by atoms with Crippen LogP contribution in [0.5, 0.6) is 11.5 Å². The standard InChI is InChI=1S/C45H30O2/c46-43-25-23-31(27-39(43)35-19-9-13-29-11-1-3-15-33(29)35)45(41-21-7-5-17-37(41)38-18-6-8-22-42(38)45)32-24-26-44(47)40(28-32)36-20-10-14-30-12-2-4-16-34(30)36/h1-28,46-47H. The highest BCUT2D eigenvalue weighted by Gasteiger charge is 2.46. The van der Waals surface area contributed by atoms with Crippen molar-refractivity contribution in [1.29, 1.82) is 0 Å². The predicted molar refractivity (Wildman–Crippen MR) is 193 cm³/mol. The van der Waals surface area contributed by atoms with Crippen molar-refractivity contribution in [3.8, 4) is 44.9 Å². The second-order valence-corrected chi connectivity index (χ2v) is 12.4. The largest absolute Gasteiger partial charge is 0.507 e. The number of hydrogen-bond donors (Lipinski definition) is 2. The molecular formula is C45H30O2. The second kappa shape index (κ2) is 10.5. The maximum absolute atomic E-state index is 11.4. The molecule has 2 nitrogen and oxygen atoms in total. The zero-order valence-corrected chi connectivity index (χ0v) is 25.6. The predicted octanol–water partition coefficient (Wildman–Crippen LogP) is 11.1. The Balaban J connectivity index is 1.38. The maximum atomic E-state index is 11.4. The van der Waals surface area contributed by atoms with Gasteiger partial charge in [0.05, 0.1) is 5.41 Å². The lowest BCUT2D eigenvalue weighted by Gasteiger charge is -2.35. The van der Waals surface area contributed by atoms with Crippen LogP contribution in [0.2, 0.25) is 0 Å². The molecule has 0 fully saturated rings. The first-order valence-corrected chi connectivity index (χ1v) is 16.0. The SMILES string of the molecule is Oc1ccc(C2(c3ccc(O)c(-c4cccc5ccccc45)c3)c3ccccc3-c3ccccc32)cc1-c1cccc2ccccc12. The van der Waals surface area contributed by atoms with E-state index in [-0.39, 0.29) is 11.5 Å². The molecule has 1 aliphatic rings. The summed E-state index contributed by atoms with van der Waals surface area (Å²) in [6, 6.07) is 58.5. The lowest BCUT2D eigenvalue weighted by atomic mass is 9.67. The van der Waals surface area contributed by atoms with Gasteiger partial charge in [-0.1, -0.05) is 146 Å². The molecule has 0 saturated carbocycles. The molecule has 0 saturated heterocycles. The molecule has 9 rings (SSSR count). The molecule has 0 amide bonds. The van der Waals surface area contributed by atoms with Crippen LogP contribution in [-0.4, -0.2) is 10.2 Å². The Morgan fingerprint density at radius 1 is 0.319 bits per heavy atom. The van der Waals surface area contributed by atoms with E-state index in [4.69, 9.17) is 0 Å². The molecule has 47 heavy (non-hydrogen) atoms. The Morgan fingerprint density at radius 2 is 0.702 bits per heavy atom. The minimum Gasteiger partial charge on any atom is -0.507 e. The summed E-state index contributed by atoms with van der Waals surface area (Å²) >= 11 is 0. The Morgan fingerprint density at radius 3 is 1.19 bits per heavy atom. The molecule has 0 atom stereocenters. The number of hydrogen-bond acceptors (Lipinski definition) is 2. The molecule has 0 bridgehead atoms. The molecule has 0 heterocycles. The number of benzene rings is 8. The smallest absolute Gasteiger partial charge is 0.123 e. The van der Waals surface area contributed by atoms with Crippen LogP contribution in [0, 0.1) is 0 Å². The van der Waals surface area contributed by atoms with Crippen LogP contribution in [0.4, 0.5) is 0 Å². The van der Waals surface area contributed by atoms with Gasteiger partial charge in [0, 0.05) is 11.1 Å². The number of rotatable bonds is 4. The first-order valence-electron chi connectivity index (χ1n) is 16.0. The molecule has 0 aliphatic heterocycles. The summed E-state index contributed by atoms with van der Waals surface area (Å²) in [6.45, 7) is 0. The van der Waals surface area contributed by atoms with Gasteiger partial charge >= 0.3 is 0 Å². The van der Waals surface area contributed by atoms with E-state index >= 15 is 0 Å². The van der Waals surface area contributed by atoms with Crippen molar-refractivity contribution in [2.24, 2.45) is 0 Å². The lowest BCUT2D eigenvalue weighted by Crippen LogP contribution is -2.28. The fraction of sp³-hybridized carbons (Fsp3) is 0.0222. The highest BCUT2D eigenvalue weighted by Crippen LogP contribution is 2.57. The number of fused-ring (bicyclic) bond motifs is 5. The van der Waals surface area contributed by atoms with E-state index in [1.807, 2.05) is 36.4 Å². The van der Waals surface area contributed by atoms with E-state index in [1.165, 1.54) is 22.3 Å². The van der Waals surface area contributed by atoms with Crippen LogP contribution >= 0.6 is 0 Å². The van der Waals surface area contributed by atoms with Crippen LogP contribution in [0.1, 0.15) is 22.3 Å². The minimum absolute atomic E-state index is 0.238. The number of aromatic hydroxyl groups is 2. The van der Waals surface area contributed by atoms with Gasteiger partial charge in [-0.15, -0.1) is 0 Å². The van der Waals surface area contributed by atoms with Crippen LogP contribution < -0.4 is 0 Å². The van der Waals surface area contributed by atoms with Gasteiger partial charge in [0.2, 0.25) is 0 Å². The molecule has 2 N–H and O–H groups in total. The molecule has 8 aromatic carbocycles. The average Bonchev–Trinajstić information content (AvgIpc) is 3.43. The normalized spacial score (nSPS) is 13.0. The Hall–Kier alpha value is -6.12. The molecule has 2 heteroatoms. The van der Waals surface area contributed by atoms with Gasteiger partial charge in [-0.2, -0.15) is 0 Å². The topological polar surface area (TPSA) is 40.5 Å². The monoisotopic (exact) mass is 602 g/mol. The summed E-state index contributed by atoms with van der Waals surface area (Å²) in [4.78, 5) is 0. The maximum Gasteiger partial charge on any atom is 0.123 e. The first kappa shape index (κ1) is 27.2. The highest BCUT2D eigenvalue weighted by atomic mass is 16.3. The molecule has 1 aliphatic carbocycles. The highest BCUT2D eigenvalue weighted by molar-refractivity contribution is 6.00. The van der Waals surface area contributed by atoms with Gasteiger partial charge in [0.1, 0.15) is 11.5 Å². The van der Waals surface area contributed by atoms with E-state index < -0.39 is 5.41 Å². The Bertz CT molecular complexity index is 2320. The van der Waals surface area contributed by atoms with Crippen molar-refractivity contribution in [1.82, 2.24) is 0 Å². The van der Waals surface area contributed by atoms with Crippen molar-refractivity contribution < 1.29 is 10.2 Å². The van der Waals surface area contributed by atoms with Crippen molar-refractivity contribution in [2.75, 3.05) is 0 Å². The van der Waals surface area contributed by atoms with Gasteiger partial charge in [-0.25, -0.2) is 0 Å². The number of phenolic OH excluding ortho intramolecular Hbond substituents is 2. The fourth-order valence-electron chi connectivity index (χ4n) is 7.91. The summed E-state index contributed by atoms with van der Waals surface area (Å²) in [6.07, 6.45) is 0.